The maximum absolute atomic E-state index is 14.0. The number of fused-ring (bicyclic) bond motifs is 2. The number of hydrogen-bond acceptors (Lipinski definition) is 4. The third kappa shape index (κ3) is 3.11. The van der Waals surface area contributed by atoms with Crippen molar-refractivity contribution in [3.63, 3.8) is 0 Å². The minimum atomic E-state index is -1.07. The van der Waals surface area contributed by atoms with Gasteiger partial charge in [0.15, 0.2) is 11.6 Å². The van der Waals surface area contributed by atoms with Gasteiger partial charge in [-0.1, -0.05) is 0 Å². The highest BCUT2D eigenvalue weighted by atomic mass is 19.2. The summed E-state index contributed by atoms with van der Waals surface area (Å²) < 4.78 is 27.4. The van der Waals surface area contributed by atoms with Crippen LogP contribution in [0.1, 0.15) is 37.7 Å². The van der Waals surface area contributed by atoms with Crippen molar-refractivity contribution in [2.24, 2.45) is 0 Å². The molecule has 8 heteroatoms. The number of pyridine rings is 2. The summed E-state index contributed by atoms with van der Waals surface area (Å²) in [5.74, 6) is -2.52. The van der Waals surface area contributed by atoms with Gasteiger partial charge in [0.2, 0.25) is 5.91 Å². The van der Waals surface area contributed by atoms with E-state index in [2.05, 4.69) is 15.3 Å². The van der Waals surface area contributed by atoms with E-state index in [1.165, 1.54) is 18.3 Å². The summed E-state index contributed by atoms with van der Waals surface area (Å²) in [6, 6.07) is 6.87. The second-order valence-electron chi connectivity index (χ2n) is 6.66. The lowest BCUT2D eigenvalue weighted by atomic mass is 10.1. The normalized spacial score (nSPS) is 15.2. The van der Waals surface area contributed by atoms with Crippen LogP contribution in [0, 0.1) is 23.0 Å². The quantitative estimate of drug-likeness (QED) is 0.725. The number of carbonyl (C=O) groups is 1. The molecule has 2 aromatic heterocycles. The van der Waals surface area contributed by atoms with Crippen molar-refractivity contribution in [3.8, 4) is 6.07 Å². The maximum atomic E-state index is 14.0. The third-order valence-electron chi connectivity index (χ3n) is 4.84. The molecule has 0 fully saturated rings. The van der Waals surface area contributed by atoms with Gasteiger partial charge in [-0.3, -0.25) is 14.6 Å². The number of hydrogen-bond donors (Lipinski definition) is 2. The highest BCUT2D eigenvalue weighted by Crippen LogP contribution is 2.29. The fraction of sp³-hybridized carbons (Fsp3) is 0.200. The predicted octanol–water partition coefficient (Wildman–Crippen LogP) is 2.91. The number of nitrogens with one attached hydrogen (secondary N) is 2. The van der Waals surface area contributed by atoms with Crippen LogP contribution in [-0.4, -0.2) is 15.9 Å². The number of aromatic nitrogens is 2. The van der Waals surface area contributed by atoms with Crippen LogP contribution in [0.2, 0.25) is 0 Å². The molecule has 0 radical (unpaired) electrons. The fourth-order valence-electron chi connectivity index (χ4n) is 3.48. The van der Waals surface area contributed by atoms with E-state index in [1.807, 2.05) is 6.07 Å². The summed E-state index contributed by atoms with van der Waals surface area (Å²) in [7, 11) is 0. The number of aromatic amines is 1. The Bertz CT molecular complexity index is 1220. The standard InChI is InChI=1S/C20H14F2N4O2.2H2/c21-14-2-4-15-13(18(14)22)6-12(20(28)26-15)7-17(27)25-16-3-1-11-5-10(8-23)9-24-19(11)16;;/h2,4-6,9,16H,1,3,7H2,(H,25,27)(H,26,28);2*1H/t16-;;/m0../s1. The number of benzene rings is 1. The molecule has 28 heavy (non-hydrogen) atoms. The largest absolute Gasteiger partial charge is 0.347 e. The molecule has 1 amide bonds. The molecule has 144 valence electrons. The number of aryl methyl sites for hydroxylation is 1. The number of nitrogens with zero attached hydrogens (tertiary/aromatic N) is 2. The molecule has 1 aliphatic rings. The zero-order valence-corrected chi connectivity index (χ0v) is 14.6. The summed E-state index contributed by atoms with van der Waals surface area (Å²) in [5, 5.41) is 11.7. The van der Waals surface area contributed by atoms with Crippen molar-refractivity contribution in [1.82, 2.24) is 15.3 Å². The average Bonchev–Trinajstić information content (AvgIpc) is 3.08. The zero-order chi connectivity index (χ0) is 19.8. The van der Waals surface area contributed by atoms with Crippen LogP contribution in [0.5, 0.6) is 0 Å². The van der Waals surface area contributed by atoms with E-state index in [1.54, 1.807) is 6.07 Å². The zero-order valence-electron chi connectivity index (χ0n) is 14.6. The van der Waals surface area contributed by atoms with Crippen LogP contribution >= 0.6 is 0 Å². The van der Waals surface area contributed by atoms with Gasteiger partial charge < -0.3 is 10.3 Å². The van der Waals surface area contributed by atoms with Gasteiger partial charge in [0.05, 0.1) is 29.2 Å². The van der Waals surface area contributed by atoms with E-state index in [0.29, 0.717) is 24.1 Å². The Hall–Kier alpha value is -3.60. The summed E-state index contributed by atoms with van der Waals surface area (Å²) in [5.41, 5.74) is 1.74. The van der Waals surface area contributed by atoms with Crippen LogP contribution in [-0.2, 0) is 17.6 Å². The summed E-state index contributed by atoms with van der Waals surface area (Å²) >= 11 is 0. The molecule has 4 rings (SSSR count). The molecule has 6 nitrogen and oxygen atoms in total. The second-order valence-corrected chi connectivity index (χ2v) is 6.66. The molecule has 3 aromatic rings. The summed E-state index contributed by atoms with van der Waals surface area (Å²) in [6.45, 7) is 0. The molecule has 0 aliphatic heterocycles. The lowest BCUT2D eigenvalue weighted by Gasteiger charge is -2.13. The number of halogens is 2. The van der Waals surface area contributed by atoms with Gasteiger partial charge in [0.25, 0.3) is 5.56 Å². The first kappa shape index (κ1) is 17.8. The maximum Gasteiger partial charge on any atom is 0.252 e. The van der Waals surface area contributed by atoms with Crippen molar-refractivity contribution in [3.05, 3.63) is 74.8 Å². The van der Waals surface area contributed by atoms with Crippen molar-refractivity contribution >= 4 is 16.8 Å². The van der Waals surface area contributed by atoms with Gasteiger partial charge in [-0.05, 0) is 42.7 Å². The lowest BCUT2D eigenvalue weighted by molar-refractivity contribution is -0.121. The van der Waals surface area contributed by atoms with Crippen molar-refractivity contribution in [1.29, 1.82) is 5.26 Å². The molecular weight excluding hydrogens is 366 g/mol. The molecule has 0 spiro atoms. The smallest absolute Gasteiger partial charge is 0.252 e. The number of rotatable bonds is 3. The molecule has 2 heterocycles. The van der Waals surface area contributed by atoms with E-state index < -0.39 is 23.1 Å². The molecule has 0 bridgehead atoms. The van der Waals surface area contributed by atoms with Crippen molar-refractivity contribution < 1.29 is 16.4 Å². The number of carbonyl (C=O) groups excluding carboxylic acids is 1. The number of nitriles is 1. The highest BCUT2D eigenvalue weighted by molar-refractivity contribution is 5.83. The van der Waals surface area contributed by atoms with Crippen LogP contribution in [0.25, 0.3) is 10.9 Å². The van der Waals surface area contributed by atoms with Gasteiger partial charge >= 0.3 is 0 Å². The van der Waals surface area contributed by atoms with Crippen LogP contribution in [0.4, 0.5) is 8.78 Å². The van der Waals surface area contributed by atoms with E-state index in [9.17, 15) is 18.4 Å². The third-order valence-corrected chi connectivity index (χ3v) is 4.84. The number of H-pyrrole nitrogens is 1. The minimum Gasteiger partial charge on any atom is -0.347 e. The Morgan fingerprint density at radius 2 is 2.21 bits per heavy atom. The molecule has 1 atom stereocenters. The van der Waals surface area contributed by atoms with E-state index in [-0.39, 0.29) is 31.8 Å². The van der Waals surface area contributed by atoms with Crippen LogP contribution < -0.4 is 10.9 Å². The Balaban J connectivity index is 0.00000160. The Morgan fingerprint density at radius 3 is 3.00 bits per heavy atom. The Morgan fingerprint density at radius 1 is 1.39 bits per heavy atom. The molecule has 1 aliphatic carbocycles. The molecule has 1 aromatic carbocycles. The molecule has 2 N–H and O–H groups in total. The van der Waals surface area contributed by atoms with Crippen LogP contribution in [0.15, 0.2) is 35.3 Å². The molecule has 0 saturated heterocycles. The van der Waals surface area contributed by atoms with Gasteiger partial charge in [0.1, 0.15) is 6.07 Å². The number of amides is 1. The first-order chi connectivity index (χ1) is 13.5. The molecule has 0 saturated carbocycles. The summed E-state index contributed by atoms with van der Waals surface area (Å²) in [4.78, 5) is 31.3. The Kier molecular flexibility index (Phi) is 4.35. The van der Waals surface area contributed by atoms with E-state index in [0.717, 1.165) is 11.6 Å². The average molecular weight is 384 g/mol. The van der Waals surface area contributed by atoms with Gasteiger partial charge in [-0.15, -0.1) is 0 Å². The second kappa shape index (κ2) is 6.85. The first-order valence-electron chi connectivity index (χ1n) is 8.64. The fourth-order valence-corrected chi connectivity index (χ4v) is 3.48. The van der Waals surface area contributed by atoms with Gasteiger partial charge in [-0.25, -0.2) is 8.78 Å². The van der Waals surface area contributed by atoms with E-state index in [4.69, 9.17) is 5.26 Å². The molecular formula is C20H18F2N4O2. The monoisotopic (exact) mass is 384 g/mol. The van der Waals surface area contributed by atoms with Gasteiger partial charge in [-0.2, -0.15) is 5.26 Å². The van der Waals surface area contributed by atoms with Crippen molar-refractivity contribution in [2.75, 3.05) is 0 Å². The first-order valence-corrected chi connectivity index (χ1v) is 8.64. The highest BCUT2D eigenvalue weighted by Gasteiger charge is 2.26. The van der Waals surface area contributed by atoms with Gasteiger partial charge in [0, 0.05) is 20.0 Å². The minimum absolute atomic E-state index is 0. The SMILES string of the molecule is N#Cc1cnc2c(c1)CC[C@@H]2NC(=O)Cc1cc2c(F)c(F)ccc2[nH]c1=O.[HH].[HH]. The Labute approximate surface area is 160 Å². The van der Waals surface area contributed by atoms with Crippen LogP contribution in [0.3, 0.4) is 0 Å². The van der Waals surface area contributed by atoms with E-state index >= 15 is 0 Å². The predicted molar refractivity (Wildman–Crippen MR) is 101 cm³/mol. The topological polar surface area (TPSA) is 98.6 Å². The lowest BCUT2D eigenvalue weighted by Crippen LogP contribution is -2.31. The molecule has 0 unspecified atom stereocenters. The van der Waals surface area contributed by atoms with Crippen molar-refractivity contribution in [2.45, 2.75) is 25.3 Å². The summed E-state index contributed by atoms with van der Waals surface area (Å²) in [6.07, 6.45) is 2.50.